The number of nitrogens with zero attached hydrogens (tertiary/aromatic N) is 1. The lowest BCUT2D eigenvalue weighted by molar-refractivity contribution is 0.0694. The Balaban J connectivity index is 2.81. The zero-order chi connectivity index (χ0) is 16.4. The molecule has 0 aliphatic carbocycles. The molecule has 0 bridgehead atoms. The highest BCUT2D eigenvalue weighted by Crippen LogP contribution is 2.26. The van der Waals surface area contributed by atoms with E-state index in [1.165, 1.54) is 6.07 Å². The number of rotatable bonds is 4. The summed E-state index contributed by atoms with van der Waals surface area (Å²) in [6.45, 7) is 7.91. The van der Waals surface area contributed by atoms with Crippen molar-refractivity contribution >= 4 is 5.97 Å². The lowest BCUT2D eigenvalue weighted by Crippen LogP contribution is -2.29. The molecule has 1 aromatic carbocycles. The lowest BCUT2D eigenvalue weighted by atomic mass is 10.0. The third kappa shape index (κ3) is 2.82. The molecule has 4 heteroatoms. The minimum absolute atomic E-state index is 0.0679. The molecule has 0 aliphatic rings. The Kier molecular flexibility index (Phi) is 4.50. The third-order valence-corrected chi connectivity index (χ3v) is 4.05. The second kappa shape index (κ2) is 6.18. The summed E-state index contributed by atoms with van der Waals surface area (Å²) in [6.07, 6.45) is 0.751. The van der Waals surface area contributed by atoms with Crippen molar-refractivity contribution in [2.45, 2.75) is 40.2 Å². The van der Waals surface area contributed by atoms with Crippen molar-refractivity contribution in [1.29, 1.82) is 0 Å². The van der Waals surface area contributed by atoms with E-state index in [0.717, 1.165) is 28.8 Å². The summed E-state index contributed by atoms with van der Waals surface area (Å²) < 4.78 is 1.60. The first-order valence-corrected chi connectivity index (χ1v) is 7.43. The number of carboxylic acid groups (broad SMARTS) is 1. The molecule has 0 fully saturated rings. The summed E-state index contributed by atoms with van der Waals surface area (Å²) in [7, 11) is 0. The van der Waals surface area contributed by atoms with E-state index >= 15 is 0 Å². The van der Waals surface area contributed by atoms with Crippen LogP contribution in [-0.4, -0.2) is 15.6 Å². The van der Waals surface area contributed by atoms with E-state index < -0.39 is 11.5 Å². The zero-order valence-electron chi connectivity index (χ0n) is 13.4. The molecule has 4 nitrogen and oxygen atoms in total. The van der Waals surface area contributed by atoms with Crippen LogP contribution in [0.3, 0.4) is 0 Å². The molecule has 116 valence electrons. The molecule has 0 radical (unpaired) electrons. The molecule has 2 rings (SSSR count). The number of hydrogen-bond acceptors (Lipinski definition) is 2. The van der Waals surface area contributed by atoms with Gasteiger partial charge in [0.2, 0.25) is 0 Å². The molecule has 1 heterocycles. The van der Waals surface area contributed by atoms with E-state index in [4.69, 9.17) is 0 Å². The van der Waals surface area contributed by atoms with Gasteiger partial charge in [0, 0.05) is 11.6 Å². The minimum Gasteiger partial charge on any atom is -0.477 e. The van der Waals surface area contributed by atoms with Crippen molar-refractivity contribution in [3.05, 3.63) is 57.4 Å². The van der Waals surface area contributed by atoms with E-state index in [9.17, 15) is 14.7 Å². The number of pyridine rings is 1. The smallest absolute Gasteiger partial charge is 0.341 e. The Bertz CT molecular complexity index is 774. The molecule has 0 spiro atoms. The van der Waals surface area contributed by atoms with E-state index in [1.807, 2.05) is 45.9 Å². The van der Waals surface area contributed by atoms with Crippen LogP contribution in [0.4, 0.5) is 0 Å². The van der Waals surface area contributed by atoms with Gasteiger partial charge in [-0.25, -0.2) is 4.79 Å². The second-order valence-electron chi connectivity index (χ2n) is 5.69. The number of hydrogen-bond donors (Lipinski definition) is 1. The van der Waals surface area contributed by atoms with E-state index in [1.54, 1.807) is 10.6 Å². The normalized spacial score (nSPS) is 12.2. The van der Waals surface area contributed by atoms with Gasteiger partial charge in [0.1, 0.15) is 5.56 Å². The molecule has 0 aliphatic heterocycles. The van der Waals surface area contributed by atoms with Crippen LogP contribution in [0.25, 0.3) is 11.3 Å². The van der Waals surface area contributed by atoms with Gasteiger partial charge in [0.05, 0.1) is 5.69 Å². The van der Waals surface area contributed by atoms with Gasteiger partial charge < -0.3 is 9.67 Å². The van der Waals surface area contributed by atoms with Crippen molar-refractivity contribution in [3.63, 3.8) is 0 Å². The van der Waals surface area contributed by atoms with E-state index in [-0.39, 0.29) is 11.6 Å². The molecular formula is C18H21NO3. The predicted molar refractivity (Wildman–Crippen MR) is 87.6 cm³/mol. The fourth-order valence-electron chi connectivity index (χ4n) is 2.57. The maximum atomic E-state index is 12.6. The topological polar surface area (TPSA) is 59.3 Å². The first-order valence-electron chi connectivity index (χ1n) is 7.43. The molecule has 0 saturated heterocycles. The fourth-order valence-corrected chi connectivity index (χ4v) is 2.57. The summed E-state index contributed by atoms with van der Waals surface area (Å²) in [5.74, 6) is -1.19. The van der Waals surface area contributed by atoms with Crippen LogP contribution in [0.5, 0.6) is 0 Å². The van der Waals surface area contributed by atoms with Crippen molar-refractivity contribution in [1.82, 2.24) is 4.57 Å². The highest BCUT2D eigenvalue weighted by atomic mass is 16.4. The van der Waals surface area contributed by atoms with Crippen molar-refractivity contribution in [3.8, 4) is 11.3 Å². The van der Waals surface area contributed by atoms with E-state index in [0.29, 0.717) is 0 Å². The monoisotopic (exact) mass is 299 g/mol. The SMILES string of the molecule is CCC(C)n1c(-c2cc(C)ccc2C)ccc(C(=O)O)c1=O. The van der Waals surface area contributed by atoms with Crippen molar-refractivity contribution in [2.24, 2.45) is 0 Å². The van der Waals surface area contributed by atoms with Gasteiger partial charge in [0.15, 0.2) is 0 Å². The van der Waals surface area contributed by atoms with Crippen LogP contribution in [0.1, 0.15) is 47.8 Å². The molecule has 1 unspecified atom stereocenters. The maximum Gasteiger partial charge on any atom is 0.341 e. The molecular weight excluding hydrogens is 278 g/mol. The number of aromatic nitrogens is 1. The summed E-state index contributed by atoms with van der Waals surface area (Å²) >= 11 is 0. The summed E-state index contributed by atoms with van der Waals surface area (Å²) in [4.78, 5) is 23.8. The first-order chi connectivity index (χ1) is 10.4. The lowest BCUT2D eigenvalue weighted by Gasteiger charge is -2.20. The molecule has 1 atom stereocenters. The molecule has 2 aromatic rings. The largest absolute Gasteiger partial charge is 0.477 e. The Morgan fingerprint density at radius 3 is 2.50 bits per heavy atom. The van der Waals surface area contributed by atoms with Crippen LogP contribution >= 0.6 is 0 Å². The predicted octanol–water partition coefficient (Wildman–Crippen LogP) is 3.80. The van der Waals surface area contributed by atoms with Crippen LogP contribution in [0.15, 0.2) is 35.1 Å². The molecule has 0 amide bonds. The van der Waals surface area contributed by atoms with Crippen LogP contribution in [0, 0.1) is 13.8 Å². The number of aryl methyl sites for hydroxylation is 2. The van der Waals surface area contributed by atoms with Gasteiger partial charge in [-0.2, -0.15) is 0 Å². The number of benzene rings is 1. The molecule has 1 N–H and O–H groups in total. The first kappa shape index (κ1) is 16.0. The van der Waals surface area contributed by atoms with Gasteiger partial charge in [-0.15, -0.1) is 0 Å². The average Bonchev–Trinajstić information content (AvgIpc) is 2.48. The summed E-state index contributed by atoms with van der Waals surface area (Å²) in [5, 5.41) is 9.19. The van der Waals surface area contributed by atoms with Gasteiger partial charge in [-0.3, -0.25) is 4.79 Å². The number of aromatic carboxylic acids is 1. The van der Waals surface area contributed by atoms with Crippen molar-refractivity contribution in [2.75, 3.05) is 0 Å². The average molecular weight is 299 g/mol. The summed E-state index contributed by atoms with van der Waals surface area (Å²) in [5.41, 5.74) is 3.27. The van der Waals surface area contributed by atoms with Gasteiger partial charge in [-0.1, -0.05) is 24.6 Å². The van der Waals surface area contributed by atoms with Gasteiger partial charge >= 0.3 is 5.97 Å². The van der Waals surface area contributed by atoms with Crippen molar-refractivity contribution < 1.29 is 9.90 Å². The minimum atomic E-state index is -1.19. The van der Waals surface area contributed by atoms with Gasteiger partial charge in [0.25, 0.3) is 5.56 Å². The number of carbonyl (C=O) groups is 1. The molecule has 1 aromatic heterocycles. The number of carboxylic acids is 1. The second-order valence-corrected chi connectivity index (χ2v) is 5.69. The quantitative estimate of drug-likeness (QED) is 0.934. The third-order valence-electron chi connectivity index (χ3n) is 4.05. The highest BCUT2D eigenvalue weighted by Gasteiger charge is 2.18. The Labute approximate surface area is 130 Å². The van der Waals surface area contributed by atoms with Crippen LogP contribution in [0.2, 0.25) is 0 Å². The van der Waals surface area contributed by atoms with Crippen LogP contribution < -0.4 is 5.56 Å². The standard InChI is InChI=1S/C18H21NO3/c1-5-13(4)19-16(9-8-14(17(19)20)18(21)22)15-10-11(2)6-7-12(15)3/h6-10,13H,5H2,1-4H3,(H,21,22). The van der Waals surface area contributed by atoms with Crippen LogP contribution in [-0.2, 0) is 0 Å². The highest BCUT2D eigenvalue weighted by molar-refractivity contribution is 5.87. The maximum absolute atomic E-state index is 12.6. The Morgan fingerprint density at radius 2 is 1.91 bits per heavy atom. The molecule has 0 saturated carbocycles. The van der Waals surface area contributed by atoms with Gasteiger partial charge in [-0.05, 0) is 51.0 Å². The Hall–Kier alpha value is -2.36. The van der Waals surface area contributed by atoms with E-state index in [2.05, 4.69) is 0 Å². The summed E-state index contributed by atoms with van der Waals surface area (Å²) in [6, 6.07) is 9.14. The Morgan fingerprint density at radius 1 is 1.23 bits per heavy atom. The molecule has 22 heavy (non-hydrogen) atoms. The fraction of sp³-hybridized carbons (Fsp3) is 0.333. The zero-order valence-corrected chi connectivity index (χ0v) is 13.4.